The van der Waals surface area contributed by atoms with E-state index in [0.717, 1.165) is 18.2 Å². The van der Waals surface area contributed by atoms with E-state index in [1.54, 1.807) is 0 Å². The van der Waals surface area contributed by atoms with Gasteiger partial charge in [0.2, 0.25) is 0 Å². The second-order valence-electron chi connectivity index (χ2n) is 4.09. The van der Waals surface area contributed by atoms with E-state index in [9.17, 15) is 19.3 Å². The number of carbonyl (C=O) groups excluding carboxylic acids is 1. The third-order valence-corrected chi connectivity index (χ3v) is 2.52. The summed E-state index contributed by atoms with van der Waals surface area (Å²) in [5.41, 5.74) is 4.07. The lowest BCUT2D eigenvalue weighted by atomic mass is 9.89. The molecule has 0 saturated carbocycles. The number of halogens is 1. The molecule has 0 spiro atoms. The van der Waals surface area contributed by atoms with E-state index in [1.807, 2.05) is 0 Å². The quantitative estimate of drug-likeness (QED) is 0.500. The Kier molecular flexibility index (Phi) is 3.97. The van der Waals surface area contributed by atoms with Gasteiger partial charge in [-0.25, -0.2) is 4.39 Å². The number of nitro groups is 1. The molecule has 1 aromatic rings. The Morgan fingerprint density at radius 1 is 1.61 bits per heavy atom. The van der Waals surface area contributed by atoms with Gasteiger partial charge in [-0.2, -0.15) is 0 Å². The molecular weight excluding hydrogens is 243 g/mol. The van der Waals surface area contributed by atoms with Crippen molar-refractivity contribution in [3.05, 3.63) is 39.7 Å². The van der Waals surface area contributed by atoms with E-state index in [2.05, 4.69) is 4.74 Å². The van der Waals surface area contributed by atoms with Gasteiger partial charge in [-0.15, -0.1) is 0 Å². The molecule has 0 fully saturated rings. The van der Waals surface area contributed by atoms with Gasteiger partial charge < -0.3 is 10.5 Å². The summed E-state index contributed by atoms with van der Waals surface area (Å²) >= 11 is 0. The van der Waals surface area contributed by atoms with Crippen LogP contribution in [0.4, 0.5) is 10.1 Å². The molecule has 0 aromatic heterocycles. The number of nitro benzene ring substituents is 1. The molecule has 1 aromatic carbocycles. The van der Waals surface area contributed by atoms with Gasteiger partial charge in [0, 0.05) is 17.7 Å². The molecule has 0 heterocycles. The molecule has 6 nitrogen and oxygen atoms in total. The fourth-order valence-corrected chi connectivity index (χ4v) is 1.53. The van der Waals surface area contributed by atoms with Crippen LogP contribution in [0.1, 0.15) is 18.9 Å². The molecule has 18 heavy (non-hydrogen) atoms. The van der Waals surface area contributed by atoms with Crippen LogP contribution in [-0.4, -0.2) is 18.0 Å². The van der Waals surface area contributed by atoms with Crippen LogP contribution in [0.15, 0.2) is 18.2 Å². The number of carbonyl (C=O) groups is 1. The molecular formula is C11H13FN2O4. The zero-order valence-electron chi connectivity index (χ0n) is 9.97. The van der Waals surface area contributed by atoms with Gasteiger partial charge in [0.1, 0.15) is 5.82 Å². The Bertz CT molecular complexity index is 488. The number of esters is 1. The minimum absolute atomic E-state index is 0.0953. The van der Waals surface area contributed by atoms with E-state index < -0.39 is 22.2 Å². The summed E-state index contributed by atoms with van der Waals surface area (Å²) < 4.78 is 18.1. The second kappa shape index (κ2) is 5.09. The molecule has 1 rings (SSSR count). The largest absolute Gasteiger partial charge is 0.469 e. The highest BCUT2D eigenvalue weighted by atomic mass is 19.1. The monoisotopic (exact) mass is 256 g/mol. The van der Waals surface area contributed by atoms with E-state index in [0.29, 0.717) is 0 Å². The SMILES string of the molecule is COC(=O)CC(C)(N)c1cc([N+](=O)[O-])ccc1F. The topological polar surface area (TPSA) is 95.5 Å². The van der Waals surface area contributed by atoms with Crippen molar-refractivity contribution >= 4 is 11.7 Å². The summed E-state index contributed by atoms with van der Waals surface area (Å²) in [6.45, 7) is 1.41. The zero-order chi connectivity index (χ0) is 13.9. The maximum atomic E-state index is 13.6. The molecule has 1 unspecified atom stereocenters. The summed E-state index contributed by atoms with van der Waals surface area (Å²) in [6, 6.07) is 3.02. The number of benzene rings is 1. The van der Waals surface area contributed by atoms with Crippen molar-refractivity contribution in [1.82, 2.24) is 0 Å². The summed E-state index contributed by atoms with van der Waals surface area (Å²) in [4.78, 5) is 21.1. The first-order chi connectivity index (χ1) is 8.27. The predicted octanol–water partition coefficient (Wildman–Crippen LogP) is 1.47. The van der Waals surface area contributed by atoms with Gasteiger partial charge in [0.25, 0.3) is 5.69 Å². The van der Waals surface area contributed by atoms with Crippen molar-refractivity contribution in [3.8, 4) is 0 Å². The molecule has 0 aliphatic carbocycles. The maximum absolute atomic E-state index is 13.6. The van der Waals surface area contributed by atoms with Crippen molar-refractivity contribution in [2.75, 3.05) is 7.11 Å². The van der Waals surface area contributed by atoms with Crippen LogP contribution in [0.2, 0.25) is 0 Å². The summed E-state index contributed by atoms with van der Waals surface area (Å²) in [7, 11) is 1.18. The number of non-ortho nitro benzene ring substituents is 1. The highest BCUT2D eigenvalue weighted by molar-refractivity contribution is 5.71. The normalized spacial score (nSPS) is 13.8. The van der Waals surface area contributed by atoms with Gasteiger partial charge in [0.05, 0.1) is 24.0 Å². The van der Waals surface area contributed by atoms with Crippen LogP contribution in [0.25, 0.3) is 0 Å². The van der Waals surface area contributed by atoms with Crippen LogP contribution in [0.5, 0.6) is 0 Å². The number of rotatable bonds is 4. The highest BCUT2D eigenvalue weighted by Crippen LogP contribution is 2.28. The van der Waals surface area contributed by atoms with Crippen molar-refractivity contribution in [2.24, 2.45) is 5.73 Å². The molecule has 2 N–H and O–H groups in total. The lowest BCUT2D eigenvalue weighted by molar-refractivity contribution is -0.385. The smallest absolute Gasteiger partial charge is 0.307 e. The Morgan fingerprint density at radius 2 is 2.22 bits per heavy atom. The first kappa shape index (κ1) is 14.0. The Labute approximate surface area is 103 Å². The molecule has 0 saturated heterocycles. The number of nitrogens with two attached hydrogens (primary N) is 1. The second-order valence-corrected chi connectivity index (χ2v) is 4.09. The number of hydrogen-bond acceptors (Lipinski definition) is 5. The van der Waals surface area contributed by atoms with E-state index in [4.69, 9.17) is 5.73 Å². The van der Waals surface area contributed by atoms with Gasteiger partial charge in [-0.05, 0) is 13.0 Å². The number of methoxy groups -OCH3 is 1. The fourth-order valence-electron chi connectivity index (χ4n) is 1.53. The third kappa shape index (κ3) is 3.01. The van der Waals surface area contributed by atoms with Gasteiger partial charge in [-0.1, -0.05) is 0 Å². The molecule has 0 amide bonds. The van der Waals surface area contributed by atoms with Gasteiger partial charge in [0.15, 0.2) is 0 Å². The number of hydrogen-bond donors (Lipinski definition) is 1. The average molecular weight is 256 g/mol. The Balaban J connectivity index is 3.17. The first-order valence-electron chi connectivity index (χ1n) is 5.08. The molecule has 98 valence electrons. The van der Waals surface area contributed by atoms with Gasteiger partial charge in [-0.3, -0.25) is 14.9 Å². The Morgan fingerprint density at radius 3 is 2.72 bits per heavy atom. The summed E-state index contributed by atoms with van der Waals surface area (Å²) in [6.07, 6.45) is -0.276. The lowest BCUT2D eigenvalue weighted by Crippen LogP contribution is -2.37. The lowest BCUT2D eigenvalue weighted by Gasteiger charge is -2.24. The van der Waals surface area contributed by atoms with E-state index >= 15 is 0 Å². The van der Waals surface area contributed by atoms with Crippen LogP contribution < -0.4 is 5.73 Å². The van der Waals surface area contributed by atoms with Crippen molar-refractivity contribution in [2.45, 2.75) is 18.9 Å². The van der Waals surface area contributed by atoms with Crippen LogP contribution in [-0.2, 0) is 15.1 Å². The van der Waals surface area contributed by atoms with Gasteiger partial charge >= 0.3 is 5.97 Å². The van der Waals surface area contributed by atoms with Crippen LogP contribution >= 0.6 is 0 Å². The first-order valence-corrected chi connectivity index (χ1v) is 5.08. The minimum atomic E-state index is -1.37. The average Bonchev–Trinajstić information content (AvgIpc) is 2.28. The number of nitrogens with zero attached hydrogens (tertiary/aromatic N) is 1. The number of ether oxygens (including phenoxy) is 1. The molecule has 0 aliphatic rings. The van der Waals surface area contributed by atoms with Crippen molar-refractivity contribution in [3.63, 3.8) is 0 Å². The molecule has 0 aliphatic heterocycles. The maximum Gasteiger partial charge on any atom is 0.307 e. The van der Waals surface area contributed by atoms with E-state index in [1.165, 1.54) is 14.0 Å². The highest BCUT2D eigenvalue weighted by Gasteiger charge is 2.30. The van der Waals surface area contributed by atoms with Crippen molar-refractivity contribution in [1.29, 1.82) is 0 Å². The minimum Gasteiger partial charge on any atom is -0.469 e. The molecule has 0 bridgehead atoms. The standard InChI is InChI=1S/C11H13FN2O4/c1-11(13,6-10(15)18-2)8-5-7(14(16)17)3-4-9(8)12/h3-5H,6,13H2,1-2H3. The van der Waals surface area contributed by atoms with Crippen molar-refractivity contribution < 1.29 is 18.8 Å². The van der Waals surface area contributed by atoms with Crippen LogP contribution in [0, 0.1) is 15.9 Å². The van der Waals surface area contributed by atoms with E-state index in [-0.39, 0.29) is 17.7 Å². The predicted molar refractivity (Wildman–Crippen MR) is 61.2 cm³/mol. The summed E-state index contributed by atoms with van der Waals surface area (Å²) in [5, 5.41) is 10.6. The molecule has 7 heteroatoms. The zero-order valence-corrected chi connectivity index (χ0v) is 9.97. The summed E-state index contributed by atoms with van der Waals surface area (Å²) in [5.74, 6) is -1.32. The van der Waals surface area contributed by atoms with Crippen LogP contribution in [0.3, 0.4) is 0 Å². The molecule has 1 atom stereocenters. The Hall–Kier alpha value is -2.02. The fraction of sp³-hybridized carbons (Fsp3) is 0.364. The third-order valence-electron chi connectivity index (χ3n) is 2.52. The molecule has 0 radical (unpaired) electrons.